The maximum atomic E-state index is 11.0. The summed E-state index contributed by atoms with van der Waals surface area (Å²) in [6, 6.07) is 4.10. The van der Waals surface area contributed by atoms with E-state index in [1.54, 1.807) is 0 Å². The second-order valence-electron chi connectivity index (χ2n) is 4.92. The lowest BCUT2D eigenvalue weighted by molar-refractivity contribution is -0.384. The van der Waals surface area contributed by atoms with Crippen molar-refractivity contribution in [1.29, 1.82) is 0 Å². The summed E-state index contributed by atoms with van der Waals surface area (Å²) < 4.78 is 0. The molecule has 0 spiro atoms. The van der Waals surface area contributed by atoms with Crippen molar-refractivity contribution in [3.63, 3.8) is 0 Å². The first-order chi connectivity index (χ1) is 8.99. The van der Waals surface area contributed by atoms with Gasteiger partial charge in [-0.15, -0.1) is 0 Å². The van der Waals surface area contributed by atoms with Crippen molar-refractivity contribution in [3.05, 3.63) is 33.9 Å². The van der Waals surface area contributed by atoms with Gasteiger partial charge in [-0.3, -0.25) is 10.1 Å². The van der Waals surface area contributed by atoms with Crippen LogP contribution in [-0.4, -0.2) is 22.0 Å². The number of nitrogens with one attached hydrogen (secondary N) is 1. The molecule has 1 saturated carbocycles. The summed E-state index contributed by atoms with van der Waals surface area (Å²) in [5, 5.41) is 23.0. The van der Waals surface area contributed by atoms with Gasteiger partial charge in [0.2, 0.25) is 0 Å². The van der Waals surface area contributed by atoms with Crippen LogP contribution in [0.1, 0.15) is 36.5 Å². The molecule has 0 bridgehead atoms. The van der Waals surface area contributed by atoms with E-state index < -0.39 is 10.9 Å². The molecule has 0 heterocycles. The molecule has 1 atom stereocenters. The number of nitro benzene ring substituents is 1. The lowest BCUT2D eigenvalue weighted by Gasteiger charge is -2.32. The molecule has 1 aromatic rings. The van der Waals surface area contributed by atoms with Crippen LogP contribution in [0.4, 0.5) is 11.4 Å². The van der Waals surface area contributed by atoms with Crippen LogP contribution in [0.25, 0.3) is 0 Å². The Morgan fingerprint density at radius 2 is 2.21 bits per heavy atom. The van der Waals surface area contributed by atoms with Crippen LogP contribution in [0.15, 0.2) is 18.2 Å². The third-order valence-electron chi connectivity index (χ3n) is 3.68. The number of carbonyl (C=O) groups is 1. The molecule has 1 fully saturated rings. The van der Waals surface area contributed by atoms with Crippen LogP contribution < -0.4 is 5.32 Å². The highest BCUT2D eigenvalue weighted by Gasteiger charge is 2.26. The van der Waals surface area contributed by atoms with Crippen molar-refractivity contribution in [2.24, 2.45) is 5.92 Å². The van der Waals surface area contributed by atoms with Crippen molar-refractivity contribution in [3.8, 4) is 0 Å². The van der Waals surface area contributed by atoms with Gasteiger partial charge in [0.15, 0.2) is 0 Å². The minimum atomic E-state index is -1.17. The summed E-state index contributed by atoms with van der Waals surface area (Å²) in [7, 11) is 0. The first-order valence-electron chi connectivity index (χ1n) is 6.27. The van der Waals surface area contributed by atoms with Gasteiger partial charge < -0.3 is 10.4 Å². The standard InChI is InChI=1S/C13H16N2O4/c1-8(9-3-2-4-9)14-11-6-5-10(13(16)17)7-12(11)15(18)19/h5-9,14H,2-4H2,1H3,(H,16,17). The topological polar surface area (TPSA) is 92.5 Å². The molecule has 6 nitrogen and oxygen atoms in total. The molecule has 0 saturated heterocycles. The molecule has 1 aliphatic rings. The van der Waals surface area contributed by atoms with Gasteiger partial charge in [-0.05, 0) is 37.8 Å². The van der Waals surface area contributed by atoms with Crippen molar-refractivity contribution >= 4 is 17.3 Å². The van der Waals surface area contributed by atoms with E-state index in [1.165, 1.54) is 18.6 Å². The highest BCUT2D eigenvalue weighted by molar-refractivity contribution is 5.89. The van der Waals surface area contributed by atoms with Crippen molar-refractivity contribution in [1.82, 2.24) is 0 Å². The van der Waals surface area contributed by atoms with E-state index in [0.717, 1.165) is 18.9 Å². The van der Waals surface area contributed by atoms with Gasteiger partial charge in [0, 0.05) is 12.1 Å². The Kier molecular flexibility index (Phi) is 3.69. The third kappa shape index (κ3) is 2.83. The maximum absolute atomic E-state index is 11.0. The van der Waals surface area contributed by atoms with Gasteiger partial charge in [-0.1, -0.05) is 6.42 Å². The summed E-state index contributed by atoms with van der Waals surface area (Å²) >= 11 is 0. The zero-order chi connectivity index (χ0) is 14.0. The van der Waals surface area contributed by atoms with Crippen LogP contribution in [0.5, 0.6) is 0 Å². The molecular weight excluding hydrogens is 248 g/mol. The Morgan fingerprint density at radius 1 is 1.53 bits per heavy atom. The zero-order valence-electron chi connectivity index (χ0n) is 10.6. The average molecular weight is 264 g/mol. The Labute approximate surface area is 110 Å². The van der Waals surface area contributed by atoms with Crippen LogP contribution in [0.2, 0.25) is 0 Å². The molecule has 0 aliphatic heterocycles. The third-order valence-corrected chi connectivity index (χ3v) is 3.68. The first kappa shape index (κ1) is 13.3. The summed E-state index contributed by atoms with van der Waals surface area (Å²) in [5.41, 5.74) is 0.119. The fourth-order valence-electron chi connectivity index (χ4n) is 2.24. The highest BCUT2D eigenvalue weighted by atomic mass is 16.6. The normalized spacial score (nSPS) is 16.5. The number of carboxylic acid groups (broad SMARTS) is 1. The smallest absolute Gasteiger partial charge is 0.335 e. The molecular formula is C13H16N2O4. The summed E-state index contributed by atoms with van der Waals surface area (Å²) in [5.74, 6) is -0.625. The van der Waals surface area contributed by atoms with Crippen molar-refractivity contribution in [2.45, 2.75) is 32.2 Å². The number of anilines is 1. The van der Waals surface area contributed by atoms with Crippen LogP contribution in [-0.2, 0) is 0 Å². The highest BCUT2D eigenvalue weighted by Crippen LogP contribution is 2.33. The quantitative estimate of drug-likeness (QED) is 0.630. The van der Waals surface area contributed by atoms with Gasteiger partial charge >= 0.3 is 5.97 Å². The number of nitro groups is 1. The van der Waals surface area contributed by atoms with E-state index in [0.29, 0.717) is 11.6 Å². The number of hydrogen-bond acceptors (Lipinski definition) is 4. The number of benzene rings is 1. The molecule has 2 N–H and O–H groups in total. The second-order valence-corrected chi connectivity index (χ2v) is 4.92. The Balaban J connectivity index is 2.23. The predicted octanol–water partition coefficient (Wildman–Crippen LogP) is 2.89. The van der Waals surface area contributed by atoms with Crippen LogP contribution >= 0.6 is 0 Å². The van der Waals surface area contributed by atoms with Crippen LogP contribution in [0, 0.1) is 16.0 Å². The van der Waals surface area contributed by atoms with Gasteiger partial charge in [0.1, 0.15) is 5.69 Å². The Hall–Kier alpha value is -2.11. The predicted molar refractivity (Wildman–Crippen MR) is 70.5 cm³/mol. The van der Waals surface area contributed by atoms with Crippen LogP contribution in [0.3, 0.4) is 0 Å². The molecule has 6 heteroatoms. The largest absolute Gasteiger partial charge is 0.478 e. The molecule has 1 unspecified atom stereocenters. The first-order valence-corrected chi connectivity index (χ1v) is 6.27. The lowest BCUT2D eigenvalue weighted by atomic mass is 9.80. The lowest BCUT2D eigenvalue weighted by Crippen LogP contribution is -2.31. The van der Waals surface area contributed by atoms with Crippen molar-refractivity contribution in [2.75, 3.05) is 5.32 Å². The molecule has 102 valence electrons. The minimum Gasteiger partial charge on any atom is -0.478 e. The molecule has 1 aromatic carbocycles. The molecule has 1 aliphatic carbocycles. The van der Waals surface area contributed by atoms with E-state index in [-0.39, 0.29) is 17.3 Å². The van der Waals surface area contributed by atoms with Gasteiger partial charge in [0.25, 0.3) is 5.69 Å². The SMILES string of the molecule is CC(Nc1ccc(C(=O)O)cc1[N+](=O)[O-])C1CCC1. The monoisotopic (exact) mass is 264 g/mol. The fraction of sp³-hybridized carbons (Fsp3) is 0.462. The molecule has 0 aromatic heterocycles. The molecule has 0 radical (unpaired) electrons. The van der Waals surface area contributed by atoms with Crippen molar-refractivity contribution < 1.29 is 14.8 Å². The summed E-state index contributed by atoms with van der Waals surface area (Å²) in [4.78, 5) is 21.3. The number of nitrogens with zero attached hydrogens (tertiary/aromatic N) is 1. The fourth-order valence-corrected chi connectivity index (χ4v) is 2.24. The van der Waals surface area contributed by atoms with E-state index in [9.17, 15) is 14.9 Å². The van der Waals surface area contributed by atoms with E-state index >= 15 is 0 Å². The average Bonchev–Trinajstić information content (AvgIpc) is 2.26. The van der Waals surface area contributed by atoms with Gasteiger partial charge in [-0.25, -0.2) is 4.79 Å². The summed E-state index contributed by atoms with van der Waals surface area (Å²) in [6.07, 6.45) is 3.47. The molecule has 19 heavy (non-hydrogen) atoms. The number of carboxylic acids is 1. The van der Waals surface area contributed by atoms with E-state index in [2.05, 4.69) is 5.32 Å². The molecule has 2 rings (SSSR count). The number of hydrogen-bond donors (Lipinski definition) is 2. The second kappa shape index (κ2) is 5.26. The number of rotatable bonds is 5. The minimum absolute atomic E-state index is 0.0754. The summed E-state index contributed by atoms with van der Waals surface area (Å²) in [6.45, 7) is 2.00. The number of aromatic carboxylic acids is 1. The van der Waals surface area contributed by atoms with E-state index in [1.807, 2.05) is 6.92 Å². The Bertz CT molecular complexity index is 511. The Morgan fingerprint density at radius 3 is 2.68 bits per heavy atom. The zero-order valence-corrected chi connectivity index (χ0v) is 10.6. The van der Waals surface area contributed by atoms with Gasteiger partial charge in [0.05, 0.1) is 10.5 Å². The van der Waals surface area contributed by atoms with Gasteiger partial charge in [-0.2, -0.15) is 0 Å². The molecule has 0 amide bonds. The van der Waals surface area contributed by atoms with E-state index in [4.69, 9.17) is 5.11 Å². The maximum Gasteiger partial charge on any atom is 0.335 e.